The molecule has 1 heterocycles. The molecule has 0 aliphatic heterocycles. The van der Waals surface area contributed by atoms with Gasteiger partial charge in [-0.25, -0.2) is 0 Å². The molecule has 1 aliphatic carbocycles. The van der Waals surface area contributed by atoms with E-state index in [1.54, 1.807) is 11.3 Å². The lowest BCUT2D eigenvalue weighted by Gasteiger charge is -2.21. The minimum Gasteiger partial charge on any atom is -0.350 e. The van der Waals surface area contributed by atoms with Crippen LogP contribution in [0.25, 0.3) is 0 Å². The van der Waals surface area contributed by atoms with E-state index >= 15 is 0 Å². The number of rotatable bonds is 3. The van der Waals surface area contributed by atoms with E-state index in [0.29, 0.717) is 6.54 Å². The summed E-state index contributed by atoms with van der Waals surface area (Å²) in [6.45, 7) is 0.577. The minimum absolute atomic E-state index is 0.00507. The first-order valence-electron chi connectivity index (χ1n) is 5.41. The van der Waals surface area contributed by atoms with Gasteiger partial charge in [0.2, 0.25) is 5.91 Å². The third-order valence-corrected chi connectivity index (χ3v) is 4.62. The number of hydrogen-bond acceptors (Lipinski definition) is 3. The molecule has 0 atom stereocenters. The van der Waals surface area contributed by atoms with Gasteiger partial charge in [-0.1, -0.05) is 12.8 Å². The zero-order valence-electron chi connectivity index (χ0n) is 8.96. The smallest absolute Gasteiger partial charge is 0.240 e. The highest BCUT2D eigenvalue weighted by molar-refractivity contribution is 9.11. The summed E-state index contributed by atoms with van der Waals surface area (Å²) in [6.07, 6.45) is 3.75. The molecule has 1 fully saturated rings. The van der Waals surface area contributed by atoms with Crippen molar-refractivity contribution in [2.75, 3.05) is 0 Å². The molecule has 3 nitrogen and oxygen atoms in total. The lowest BCUT2D eigenvalue weighted by Crippen LogP contribution is -2.51. The average Bonchev–Trinajstić information content (AvgIpc) is 2.85. The summed E-state index contributed by atoms with van der Waals surface area (Å²) in [7, 11) is 0. The Kier molecular flexibility index (Phi) is 3.66. The monoisotopic (exact) mass is 302 g/mol. The topological polar surface area (TPSA) is 55.1 Å². The Morgan fingerprint density at radius 1 is 1.50 bits per heavy atom. The van der Waals surface area contributed by atoms with Crippen molar-refractivity contribution < 1.29 is 4.79 Å². The Hall–Kier alpha value is -0.390. The van der Waals surface area contributed by atoms with Crippen LogP contribution in [-0.2, 0) is 11.3 Å². The Morgan fingerprint density at radius 2 is 2.19 bits per heavy atom. The van der Waals surface area contributed by atoms with E-state index in [2.05, 4.69) is 21.2 Å². The summed E-state index contributed by atoms with van der Waals surface area (Å²) in [6, 6.07) is 3.99. The SMILES string of the molecule is NC1(C(=O)NCc2ccc(Br)s2)CCCC1. The Bertz CT molecular complexity index is 385. The minimum atomic E-state index is -0.617. The standard InChI is InChI=1S/C11H15BrN2OS/c12-9-4-3-8(16-9)7-14-10(15)11(13)5-1-2-6-11/h3-4H,1-2,5-7,13H2,(H,14,15). The second-order valence-electron chi connectivity index (χ2n) is 4.25. The molecule has 0 saturated heterocycles. The van der Waals surface area contributed by atoms with Gasteiger partial charge < -0.3 is 11.1 Å². The average molecular weight is 303 g/mol. The molecular weight excluding hydrogens is 288 g/mol. The number of halogens is 1. The lowest BCUT2D eigenvalue weighted by molar-refractivity contribution is -0.126. The van der Waals surface area contributed by atoms with E-state index < -0.39 is 5.54 Å². The molecule has 1 aliphatic rings. The van der Waals surface area contributed by atoms with E-state index in [4.69, 9.17) is 5.73 Å². The number of hydrogen-bond donors (Lipinski definition) is 2. The van der Waals surface area contributed by atoms with Crippen molar-refractivity contribution in [3.63, 3.8) is 0 Å². The Morgan fingerprint density at radius 3 is 2.75 bits per heavy atom. The normalized spacial score (nSPS) is 18.6. The molecule has 1 aromatic heterocycles. The maximum Gasteiger partial charge on any atom is 0.240 e. The number of carbonyl (C=O) groups is 1. The zero-order valence-corrected chi connectivity index (χ0v) is 11.4. The van der Waals surface area contributed by atoms with E-state index in [1.165, 1.54) is 0 Å². The van der Waals surface area contributed by atoms with Crippen LogP contribution in [0.5, 0.6) is 0 Å². The van der Waals surface area contributed by atoms with E-state index in [0.717, 1.165) is 34.3 Å². The lowest BCUT2D eigenvalue weighted by atomic mass is 9.98. The molecular formula is C11H15BrN2OS. The van der Waals surface area contributed by atoms with Crippen LogP contribution in [0, 0.1) is 0 Å². The highest BCUT2D eigenvalue weighted by Crippen LogP contribution is 2.27. The highest BCUT2D eigenvalue weighted by atomic mass is 79.9. The summed E-state index contributed by atoms with van der Waals surface area (Å²) < 4.78 is 1.08. The summed E-state index contributed by atoms with van der Waals surface area (Å²) >= 11 is 5.03. The summed E-state index contributed by atoms with van der Waals surface area (Å²) in [5, 5.41) is 2.92. The molecule has 16 heavy (non-hydrogen) atoms. The van der Waals surface area contributed by atoms with Gasteiger partial charge in [0.25, 0.3) is 0 Å². The van der Waals surface area contributed by atoms with Gasteiger partial charge in [0.1, 0.15) is 0 Å². The number of amides is 1. The van der Waals surface area contributed by atoms with Crippen molar-refractivity contribution in [2.45, 2.75) is 37.8 Å². The van der Waals surface area contributed by atoms with Gasteiger partial charge in [-0.3, -0.25) is 4.79 Å². The van der Waals surface area contributed by atoms with E-state index in [-0.39, 0.29) is 5.91 Å². The number of carbonyl (C=O) groups excluding carboxylic acids is 1. The van der Waals surface area contributed by atoms with Crippen LogP contribution in [0.15, 0.2) is 15.9 Å². The molecule has 3 N–H and O–H groups in total. The molecule has 0 radical (unpaired) electrons. The van der Waals surface area contributed by atoms with E-state index in [9.17, 15) is 4.79 Å². The molecule has 88 valence electrons. The second kappa shape index (κ2) is 4.85. The number of nitrogens with one attached hydrogen (secondary N) is 1. The molecule has 2 rings (SSSR count). The van der Waals surface area contributed by atoms with Gasteiger partial charge in [0.15, 0.2) is 0 Å². The number of thiophene rings is 1. The van der Waals surface area contributed by atoms with Crippen LogP contribution in [0.1, 0.15) is 30.6 Å². The molecule has 0 unspecified atom stereocenters. The van der Waals surface area contributed by atoms with Gasteiger partial charge in [0.05, 0.1) is 15.9 Å². The second-order valence-corrected chi connectivity index (χ2v) is 6.80. The zero-order chi connectivity index (χ0) is 11.6. The van der Waals surface area contributed by atoms with Gasteiger partial charge in [-0.15, -0.1) is 11.3 Å². The molecule has 1 aromatic rings. The van der Waals surface area contributed by atoms with Crippen molar-refractivity contribution >= 4 is 33.2 Å². The molecule has 1 saturated carbocycles. The molecule has 0 aromatic carbocycles. The van der Waals surface area contributed by atoms with Crippen LogP contribution in [0.3, 0.4) is 0 Å². The van der Waals surface area contributed by atoms with Crippen molar-refractivity contribution in [2.24, 2.45) is 5.73 Å². The van der Waals surface area contributed by atoms with Crippen molar-refractivity contribution in [3.8, 4) is 0 Å². The van der Waals surface area contributed by atoms with Crippen molar-refractivity contribution in [1.29, 1.82) is 0 Å². The van der Waals surface area contributed by atoms with Gasteiger partial charge >= 0.3 is 0 Å². The maximum atomic E-state index is 11.9. The third-order valence-electron chi connectivity index (χ3n) is 3.00. The first kappa shape index (κ1) is 12.1. The van der Waals surface area contributed by atoms with Crippen molar-refractivity contribution in [1.82, 2.24) is 5.32 Å². The van der Waals surface area contributed by atoms with Crippen LogP contribution >= 0.6 is 27.3 Å². The van der Waals surface area contributed by atoms with Crippen molar-refractivity contribution in [3.05, 3.63) is 20.8 Å². The molecule has 0 spiro atoms. The number of nitrogens with two attached hydrogens (primary N) is 1. The predicted molar refractivity (Wildman–Crippen MR) is 69.3 cm³/mol. The van der Waals surface area contributed by atoms with E-state index in [1.807, 2.05) is 12.1 Å². The predicted octanol–water partition coefficient (Wildman–Crippen LogP) is 2.40. The highest BCUT2D eigenvalue weighted by Gasteiger charge is 2.36. The van der Waals surface area contributed by atoms with Crippen LogP contribution in [0.4, 0.5) is 0 Å². The maximum absolute atomic E-state index is 11.9. The summed E-state index contributed by atoms with van der Waals surface area (Å²) in [5.74, 6) is -0.00507. The first-order valence-corrected chi connectivity index (χ1v) is 7.02. The van der Waals surface area contributed by atoms with Crippen LogP contribution in [-0.4, -0.2) is 11.4 Å². The van der Waals surface area contributed by atoms with Gasteiger partial charge in [-0.05, 0) is 40.9 Å². The molecule has 5 heteroatoms. The quantitative estimate of drug-likeness (QED) is 0.901. The van der Waals surface area contributed by atoms with Crippen LogP contribution in [0.2, 0.25) is 0 Å². The first-order chi connectivity index (χ1) is 7.60. The Labute approximate surface area is 108 Å². The Balaban J connectivity index is 1.88. The largest absolute Gasteiger partial charge is 0.350 e. The third kappa shape index (κ3) is 2.64. The summed E-state index contributed by atoms with van der Waals surface area (Å²) in [5.41, 5.74) is 5.44. The molecule has 1 amide bonds. The summed E-state index contributed by atoms with van der Waals surface area (Å²) in [4.78, 5) is 13.0. The fourth-order valence-electron chi connectivity index (χ4n) is 2.02. The molecule has 0 bridgehead atoms. The fourth-order valence-corrected chi connectivity index (χ4v) is 3.45. The van der Waals surface area contributed by atoms with Gasteiger partial charge in [-0.2, -0.15) is 0 Å². The van der Waals surface area contributed by atoms with Gasteiger partial charge in [0, 0.05) is 4.88 Å². The fraction of sp³-hybridized carbons (Fsp3) is 0.545. The van der Waals surface area contributed by atoms with Crippen LogP contribution < -0.4 is 11.1 Å².